The second-order valence-corrected chi connectivity index (χ2v) is 11.1. The molecule has 0 spiro atoms. The highest BCUT2D eigenvalue weighted by atomic mass is 35.5. The van der Waals surface area contributed by atoms with E-state index in [4.69, 9.17) is 26.1 Å². The van der Waals surface area contributed by atoms with Crippen LogP contribution in [0.25, 0.3) is 22.3 Å². The zero-order valence-electron chi connectivity index (χ0n) is 22.5. The lowest BCUT2D eigenvalue weighted by Crippen LogP contribution is -2.42. The highest BCUT2D eigenvalue weighted by molar-refractivity contribution is 6.33. The normalized spacial score (nSPS) is 21.8. The summed E-state index contributed by atoms with van der Waals surface area (Å²) in [6.45, 7) is 9.46. The largest absolute Gasteiger partial charge is 0.447 e. The fraction of sp³-hybridized carbons (Fsp3) is 0.556. The van der Waals surface area contributed by atoms with Crippen molar-refractivity contribution in [1.29, 1.82) is 0 Å². The van der Waals surface area contributed by atoms with Gasteiger partial charge in [0.25, 0.3) is 0 Å². The first-order chi connectivity index (χ1) is 18.6. The fourth-order valence-electron chi connectivity index (χ4n) is 5.25. The second kappa shape index (κ2) is 11.2. The van der Waals surface area contributed by atoms with Crippen LogP contribution in [0.4, 0.5) is 15.1 Å². The van der Waals surface area contributed by atoms with Gasteiger partial charge in [0.2, 0.25) is 5.95 Å². The van der Waals surface area contributed by atoms with Gasteiger partial charge in [-0.1, -0.05) is 11.6 Å². The zero-order valence-corrected chi connectivity index (χ0v) is 23.3. The number of hydrogen-bond donors (Lipinski definition) is 2. The molecule has 2 fully saturated rings. The van der Waals surface area contributed by atoms with Crippen molar-refractivity contribution in [2.24, 2.45) is 0 Å². The molecule has 0 bridgehead atoms. The van der Waals surface area contributed by atoms with E-state index in [1.165, 1.54) is 12.3 Å². The minimum absolute atomic E-state index is 0.00979. The van der Waals surface area contributed by atoms with Crippen molar-refractivity contribution < 1.29 is 23.8 Å². The molecule has 39 heavy (non-hydrogen) atoms. The Morgan fingerprint density at radius 1 is 1.26 bits per heavy atom. The van der Waals surface area contributed by atoms with Gasteiger partial charge in [-0.05, 0) is 52.7 Å². The molecule has 3 aromatic rings. The third kappa shape index (κ3) is 5.66. The van der Waals surface area contributed by atoms with Gasteiger partial charge in [-0.2, -0.15) is 0 Å². The summed E-state index contributed by atoms with van der Waals surface area (Å²) in [7, 11) is 0. The van der Waals surface area contributed by atoms with E-state index in [2.05, 4.69) is 15.3 Å². The maximum Gasteiger partial charge on any atom is 0.410 e. The molecule has 2 N–H and O–H groups in total. The van der Waals surface area contributed by atoms with Gasteiger partial charge in [0, 0.05) is 37.2 Å². The number of carbonyl (C=O) groups excluding carboxylic acids is 1. The number of aliphatic hydroxyl groups is 1. The van der Waals surface area contributed by atoms with Gasteiger partial charge in [-0.3, -0.25) is 0 Å². The van der Waals surface area contributed by atoms with E-state index >= 15 is 4.39 Å². The lowest BCUT2D eigenvalue weighted by atomic mass is 10.1. The Morgan fingerprint density at radius 3 is 2.77 bits per heavy atom. The number of aromatic nitrogens is 4. The van der Waals surface area contributed by atoms with Gasteiger partial charge in [0.15, 0.2) is 5.82 Å². The number of hydrogen-bond acceptors (Lipinski definition) is 8. The molecule has 0 aliphatic carbocycles. The van der Waals surface area contributed by atoms with Crippen LogP contribution in [0.3, 0.4) is 0 Å². The van der Waals surface area contributed by atoms with Gasteiger partial charge >= 0.3 is 6.09 Å². The Bertz CT molecular complexity index is 1370. The number of nitrogens with one attached hydrogen (secondary N) is 1. The van der Waals surface area contributed by atoms with E-state index in [0.29, 0.717) is 55.3 Å². The molecule has 210 valence electrons. The molecule has 2 saturated heterocycles. The molecule has 0 radical (unpaired) electrons. The molecule has 3 atom stereocenters. The minimum atomic E-state index is -0.687. The maximum absolute atomic E-state index is 15.6. The van der Waals surface area contributed by atoms with Crippen molar-refractivity contribution in [2.45, 2.75) is 70.7 Å². The lowest BCUT2D eigenvalue weighted by Gasteiger charge is -2.28. The molecule has 0 saturated carbocycles. The summed E-state index contributed by atoms with van der Waals surface area (Å²) < 4.78 is 28.2. The Balaban J connectivity index is 1.49. The highest BCUT2D eigenvalue weighted by Gasteiger charge is 2.33. The summed E-state index contributed by atoms with van der Waals surface area (Å²) in [4.78, 5) is 27.7. The van der Waals surface area contributed by atoms with Crippen LogP contribution in [0.2, 0.25) is 5.02 Å². The van der Waals surface area contributed by atoms with Crippen LogP contribution in [0.1, 0.15) is 58.3 Å². The summed E-state index contributed by atoms with van der Waals surface area (Å²) in [5, 5.41) is 13.7. The minimum Gasteiger partial charge on any atom is -0.447 e. The number of imidazole rings is 1. The first-order valence-electron chi connectivity index (χ1n) is 13.3. The first kappa shape index (κ1) is 27.5. The zero-order chi connectivity index (χ0) is 27.8. The fourth-order valence-corrected chi connectivity index (χ4v) is 5.45. The van der Waals surface area contributed by atoms with Gasteiger partial charge in [-0.25, -0.2) is 24.1 Å². The van der Waals surface area contributed by atoms with Crippen molar-refractivity contribution in [1.82, 2.24) is 24.4 Å². The molecule has 1 aromatic carbocycles. The molecule has 5 rings (SSSR count). The number of amides is 1. The number of halogens is 2. The topological polar surface area (TPSA) is 115 Å². The number of rotatable bonds is 6. The molecular weight excluding hydrogens is 527 g/mol. The number of benzene rings is 1. The predicted molar refractivity (Wildman–Crippen MR) is 146 cm³/mol. The summed E-state index contributed by atoms with van der Waals surface area (Å²) in [6.07, 6.45) is 1.55. The van der Waals surface area contributed by atoms with E-state index in [-0.39, 0.29) is 47.3 Å². The Hall–Kier alpha value is -3.02. The first-order valence-corrected chi connectivity index (χ1v) is 13.7. The van der Waals surface area contributed by atoms with Crippen molar-refractivity contribution in [2.75, 3.05) is 31.6 Å². The molecule has 0 unspecified atom stereocenters. The van der Waals surface area contributed by atoms with Crippen LogP contribution in [0.5, 0.6) is 0 Å². The molecule has 2 aliphatic heterocycles. The summed E-state index contributed by atoms with van der Waals surface area (Å²) >= 11 is 6.48. The van der Waals surface area contributed by atoms with Crippen LogP contribution in [-0.2, 0) is 9.47 Å². The average Bonchev–Trinajstić information content (AvgIpc) is 3.52. The molecule has 2 aromatic heterocycles. The van der Waals surface area contributed by atoms with Crippen molar-refractivity contribution in [3.05, 3.63) is 35.0 Å². The highest BCUT2D eigenvalue weighted by Crippen LogP contribution is 2.36. The average molecular weight is 561 g/mol. The Morgan fingerprint density at radius 2 is 2.05 bits per heavy atom. The Labute approximate surface area is 231 Å². The van der Waals surface area contributed by atoms with E-state index in [9.17, 15) is 9.90 Å². The second-order valence-electron chi connectivity index (χ2n) is 10.7. The standard InChI is InChI=1S/C27H34ClFN6O4/c1-14(2)35-21-10-17(23-18(28)11-30-26(33-23)31-20-6-8-38-13-22(20)36)9-19(29)24(21)32-25(35)16-5-7-34(12-16)27(37)39-15(3)4/h9-11,14-16,20,22,36H,5-8,12-13H2,1-4H3,(H,30,31,33)/t16-,20+,22+/m0/s1. The molecule has 1 amide bonds. The van der Waals surface area contributed by atoms with Crippen molar-refractivity contribution >= 4 is 34.7 Å². The number of aliphatic hydroxyl groups excluding tert-OH is 1. The summed E-state index contributed by atoms with van der Waals surface area (Å²) in [5.41, 5.74) is 1.75. The molecular formula is C27H34ClFN6O4. The molecule has 12 heteroatoms. The third-order valence-corrected chi connectivity index (χ3v) is 7.38. The van der Waals surface area contributed by atoms with Gasteiger partial charge in [0.05, 0.1) is 47.3 Å². The van der Waals surface area contributed by atoms with Crippen molar-refractivity contribution in [3.63, 3.8) is 0 Å². The number of anilines is 1. The van der Waals surface area contributed by atoms with E-state index in [0.717, 1.165) is 5.82 Å². The predicted octanol–water partition coefficient (Wildman–Crippen LogP) is 4.76. The van der Waals surface area contributed by atoms with E-state index in [1.807, 2.05) is 38.3 Å². The molecule has 2 aliphatic rings. The number of carbonyl (C=O) groups is 1. The van der Waals surface area contributed by atoms with Gasteiger partial charge in [0.1, 0.15) is 11.3 Å². The SMILES string of the molecule is CC(C)OC(=O)N1CC[C@H](c2nc3c(F)cc(-c4nc(N[C@@H]5CCOC[C@H]5O)ncc4Cl)cc3n2C(C)C)C1. The number of ether oxygens (including phenoxy) is 2. The maximum atomic E-state index is 15.6. The third-order valence-electron chi connectivity index (χ3n) is 7.10. The van der Waals surface area contributed by atoms with Crippen molar-refractivity contribution in [3.8, 4) is 11.3 Å². The molecule has 10 nitrogen and oxygen atoms in total. The van der Waals surface area contributed by atoms with Crippen LogP contribution >= 0.6 is 11.6 Å². The van der Waals surface area contributed by atoms with E-state index in [1.54, 1.807) is 4.90 Å². The van der Waals surface area contributed by atoms with Crippen LogP contribution in [0, 0.1) is 5.82 Å². The lowest BCUT2D eigenvalue weighted by molar-refractivity contribution is -0.0136. The summed E-state index contributed by atoms with van der Waals surface area (Å²) in [6, 6.07) is 2.95. The number of fused-ring (bicyclic) bond motifs is 1. The molecule has 4 heterocycles. The quantitative estimate of drug-likeness (QED) is 0.443. The number of likely N-dealkylation sites (tertiary alicyclic amines) is 1. The van der Waals surface area contributed by atoms with E-state index < -0.39 is 11.9 Å². The monoisotopic (exact) mass is 560 g/mol. The number of nitrogens with zero attached hydrogens (tertiary/aromatic N) is 5. The van der Waals surface area contributed by atoms with Crippen LogP contribution in [0.15, 0.2) is 18.3 Å². The van der Waals surface area contributed by atoms with Crippen LogP contribution < -0.4 is 5.32 Å². The Kier molecular flexibility index (Phi) is 7.93. The van der Waals surface area contributed by atoms with Crippen LogP contribution in [-0.4, -0.2) is 80.2 Å². The van der Waals surface area contributed by atoms with Gasteiger partial charge < -0.3 is 29.4 Å². The smallest absolute Gasteiger partial charge is 0.410 e. The van der Waals surface area contributed by atoms with Gasteiger partial charge in [-0.15, -0.1) is 0 Å². The summed E-state index contributed by atoms with van der Waals surface area (Å²) in [5.74, 6) is 0.492.